The standard InChI is InChI=1S/C22H25FN4O/c1-14(2)20(13-28)26-22-25-19(16-7-5-4-6-8-16)12-21(27-22)24-17-9-10-18(23)15(3)11-17/h4-12,14,20,28H,13H2,1-3H3,(H2,24,25,26,27)/t20-/m0/s1. The van der Waals surface area contributed by atoms with Crippen LogP contribution in [0.3, 0.4) is 0 Å². The Morgan fingerprint density at radius 1 is 1.04 bits per heavy atom. The maximum Gasteiger partial charge on any atom is 0.225 e. The van der Waals surface area contributed by atoms with Gasteiger partial charge in [-0.05, 0) is 36.6 Å². The number of nitrogens with zero attached hydrogens (tertiary/aromatic N) is 2. The van der Waals surface area contributed by atoms with E-state index in [0.29, 0.717) is 17.3 Å². The van der Waals surface area contributed by atoms with Gasteiger partial charge in [0.25, 0.3) is 0 Å². The molecule has 0 aliphatic carbocycles. The molecule has 6 heteroatoms. The van der Waals surface area contributed by atoms with Crippen molar-refractivity contribution in [3.05, 3.63) is 66.0 Å². The number of aliphatic hydroxyl groups excluding tert-OH is 1. The van der Waals surface area contributed by atoms with E-state index in [2.05, 4.69) is 20.6 Å². The van der Waals surface area contributed by atoms with E-state index in [1.165, 1.54) is 6.07 Å². The smallest absolute Gasteiger partial charge is 0.225 e. The zero-order valence-electron chi connectivity index (χ0n) is 16.3. The van der Waals surface area contributed by atoms with Crippen molar-refractivity contribution in [2.24, 2.45) is 5.92 Å². The number of aryl methyl sites for hydroxylation is 1. The SMILES string of the molecule is Cc1cc(Nc2cc(-c3ccccc3)nc(N[C@@H](CO)C(C)C)n2)ccc1F. The number of nitrogens with one attached hydrogen (secondary N) is 2. The van der Waals surface area contributed by atoms with Gasteiger partial charge in [-0.25, -0.2) is 9.37 Å². The Labute approximate surface area is 164 Å². The molecule has 3 aromatic rings. The van der Waals surface area contributed by atoms with Gasteiger partial charge in [-0.2, -0.15) is 4.98 Å². The van der Waals surface area contributed by atoms with E-state index in [9.17, 15) is 9.50 Å². The van der Waals surface area contributed by atoms with Gasteiger partial charge >= 0.3 is 0 Å². The molecule has 1 atom stereocenters. The Balaban J connectivity index is 1.97. The summed E-state index contributed by atoms with van der Waals surface area (Å²) in [6.07, 6.45) is 0. The first-order chi connectivity index (χ1) is 13.5. The molecule has 0 aliphatic heterocycles. The van der Waals surface area contributed by atoms with E-state index < -0.39 is 0 Å². The second-order valence-electron chi connectivity index (χ2n) is 7.09. The fraction of sp³-hybridized carbons (Fsp3) is 0.273. The number of hydrogen-bond donors (Lipinski definition) is 3. The second-order valence-corrected chi connectivity index (χ2v) is 7.09. The molecule has 2 aromatic carbocycles. The molecular formula is C22H25FN4O. The summed E-state index contributed by atoms with van der Waals surface area (Å²) in [4.78, 5) is 9.15. The Morgan fingerprint density at radius 3 is 2.43 bits per heavy atom. The number of benzene rings is 2. The molecule has 0 fully saturated rings. The van der Waals surface area contributed by atoms with E-state index in [-0.39, 0.29) is 24.4 Å². The van der Waals surface area contributed by atoms with Crippen LogP contribution in [-0.2, 0) is 0 Å². The molecule has 0 saturated carbocycles. The molecular weight excluding hydrogens is 355 g/mol. The highest BCUT2D eigenvalue weighted by Gasteiger charge is 2.15. The minimum atomic E-state index is -0.247. The summed E-state index contributed by atoms with van der Waals surface area (Å²) in [5, 5.41) is 16.1. The van der Waals surface area contributed by atoms with Gasteiger partial charge in [0.1, 0.15) is 11.6 Å². The zero-order chi connectivity index (χ0) is 20.1. The monoisotopic (exact) mass is 380 g/mol. The quantitative estimate of drug-likeness (QED) is 0.551. The third kappa shape index (κ3) is 4.84. The largest absolute Gasteiger partial charge is 0.394 e. The lowest BCUT2D eigenvalue weighted by Gasteiger charge is -2.20. The molecule has 28 heavy (non-hydrogen) atoms. The second kappa shape index (κ2) is 8.80. The summed E-state index contributed by atoms with van der Waals surface area (Å²) in [5.41, 5.74) is 3.00. The van der Waals surface area contributed by atoms with Crippen LogP contribution in [-0.4, -0.2) is 27.7 Å². The highest BCUT2D eigenvalue weighted by Crippen LogP contribution is 2.25. The lowest BCUT2D eigenvalue weighted by molar-refractivity contribution is 0.248. The van der Waals surface area contributed by atoms with Crippen molar-refractivity contribution in [3.63, 3.8) is 0 Å². The Hall–Kier alpha value is -2.99. The van der Waals surface area contributed by atoms with Crippen molar-refractivity contribution in [1.82, 2.24) is 9.97 Å². The highest BCUT2D eigenvalue weighted by atomic mass is 19.1. The third-order valence-corrected chi connectivity index (χ3v) is 4.54. The van der Waals surface area contributed by atoms with Crippen LogP contribution in [0, 0.1) is 18.7 Å². The Kier molecular flexibility index (Phi) is 6.21. The van der Waals surface area contributed by atoms with Gasteiger partial charge in [0.2, 0.25) is 5.95 Å². The molecule has 146 valence electrons. The minimum absolute atomic E-state index is 0.0174. The summed E-state index contributed by atoms with van der Waals surface area (Å²) < 4.78 is 13.6. The average molecular weight is 380 g/mol. The molecule has 0 aliphatic rings. The normalized spacial score (nSPS) is 12.1. The molecule has 0 spiro atoms. The molecule has 0 saturated heterocycles. The first-order valence-electron chi connectivity index (χ1n) is 9.31. The van der Waals surface area contributed by atoms with Crippen molar-refractivity contribution in [3.8, 4) is 11.3 Å². The van der Waals surface area contributed by atoms with Gasteiger partial charge in [-0.15, -0.1) is 0 Å². The van der Waals surface area contributed by atoms with Crippen LogP contribution in [0.5, 0.6) is 0 Å². The van der Waals surface area contributed by atoms with Crippen LogP contribution in [0.1, 0.15) is 19.4 Å². The van der Waals surface area contributed by atoms with Gasteiger partial charge in [0, 0.05) is 17.3 Å². The van der Waals surface area contributed by atoms with Crippen LogP contribution in [0.4, 0.5) is 21.8 Å². The number of rotatable bonds is 7. The van der Waals surface area contributed by atoms with Crippen LogP contribution < -0.4 is 10.6 Å². The number of halogens is 1. The number of aliphatic hydroxyl groups is 1. The van der Waals surface area contributed by atoms with E-state index in [0.717, 1.165) is 16.9 Å². The first kappa shape index (κ1) is 19.8. The summed E-state index contributed by atoms with van der Waals surface area (Å²) >= 11 is 0. The maximum atomic E-state index is 13.6. The lowest BCUT2D eigenvalue weighted by atomic mass is 10.1. The van der Waals surface area contributed by atoms with Crippen molar-refractivity contribution in [1.29, 1.82) is 0 Å². The first-order valence-corrected chi connectivity index (χ1v) is 9.31. The Bertz CT molecular complexity index is 931. The van der Waals surface area contributed by atoms with E-state index in [1.54, 1.807) is 19.1 Å². The third-order valence-electron chi connectivity index (χ3n) is 4.54. The summed E-state index contributed by atoms with van der Waals surface area (Å²) in [6.45, 7) is 5.75. The predicted octanol–water partition coefficient (Wildman–Crippen LogP) is 4.76. The summed E-state index contributed by atoms with van der Waals surface area (Å²) in [7, 11) is 0. The molecule has 0 radical (unpaired) electrons. The zero-order valence-corrected chi connectivity index (χ0v) is 16.3. The maximum absolute atomic E-state index is 13.6. The lowest BCUT2D eigenvalue weighted by Crippen LogP contribution is -2.30. The molecule has 1 aromatic heterocycles. The van der Waals surface area contributed by atoms with Crippen LogP contribution in [0.2, 0.25) is 0 Å². The highest BCUT2D eigenvalue weighted by molar-refractivity contribution is 5.67. The topological polar surface area (TPSA) is 70.1 Å². The van der Waals surface area contributed by atoms with Crippen molar-refractivity contribution >= 4 is 17.5 Å². The minimum Gasteiger partial charge on any atom is -0.394 e. The van der Waals surface area contributed by atoms with E-state index >= 15 is 0 Å². The molecule has 0 unspecified atom stereocenters. The number of hydrogen-bond acceptors (Lipinski definition) is 5. The van der Waals surface area contributed by atoms with Crippen LogP contribution in [0.15, 0.2) is 54.6 Å². The fourth-order valence-electron chi connectivity index (χ4n) is 2.79. The summed E-state index contributed by atoms with van der Waals surface area (Å²) in [6, 6.07) is 16.3. The molecule has 5 nitrogen and oxygen atoms in total. The number of aromatic nitrogens is 2. The van der Waals surface area contributed by atoms with Gasteiger partial charge in [0.05, 0.1) is 18.3 Å². The van der Waals surface area contributed by atoms with Crippen molar-refractivity contribution in [2.75, 3.05) is 17.2 Å². The van der Waals surface area contributed by atoms with Gasteiger partial charge in [-0.3, -0.25) is 0 Å². The van der Waals surface area contributed by atoms with Crippen LogP contribution >= 0.6 is 0 Å². The predicted molar refractivity (Wildman–Crippen MR) is 111 cm³/mol. The van der Waals surface area contributed by atoms with Gasteiger partial charge < -0.3 is 15.7 Å². The van der Waals surface area contributed by atoms with Crippen molar-refractivity contribution < 1.29 is 9.50 Å². The molecule has 3 N–H and O–H groups in total. The molecule has 0 amide bonds. The van der Waals surface area contributed by atoms with E-state index in [1.807, 2.05) is 50.2 Å². The fourth-order valence-corrected chi connectivity index (χ4v) is 2.79. The molecule has 0 bridgehead atoms. The summed E-state index contributed by atoms with van der Waals surface area (Å²) in [5.74, 6) is 0.978. The van der Waals surface area contributed by atoms with E-state index in [4.69, 9.17) is 0 Å². The van der Waals surface area contributed by atoms with Crippen molar-refractivity contribution in [2.45, 2.75) is 26.8 Å². The number of anilines is 3. The van der Waals surface area contributed by atoms with Gasteiger partial charge in [0.15, 0.2) is 0 Å². The molecule has 1 heterocycles. The Morgan fingerprint density at radius 2 is 1.79 bits per heavy atom. The van der Waals surface area contributed by atoms with Crippen LogP contribution in [0.25, 0.3) is 11.3 Å². The molecule has 3 rings (SSSR count). The average Bonchev–Trinajstić information content (AvgIpc) is 2.69. The van der Waals surface area contributed by atoms with Gasteiger partial charge in [-0.1, -0.05) is 44.2 Å².